The zero-order valence-electron chi connectivity index (χ0n) is 17.0. The Hall–Kier alpha value is -2.38. The van der Waals surface area contributed by atoms with E-state index >= 15 is 0 Å². The fourth-order valence-electron chi connectivity index (χ4n) is 3.38. The van der Waals surface area contributed by atoms with Gasteiger partial charge in [0.1, 0.15) is 5.60 Å². The van der Waals surface area contributed by atoms with Crippen molar-refractivity contribution in [2.24, 2.45) is 5.92 Å². The zero-order valence-corrected chi connectivity index (χ0v) is 17.0. The monoisotopic (exact) mass is 390 g/mol. The van der Waals surface area contributed by atoms with E-state index in [4.69, 9.17) is 9.47 Å². The average Bonchev–Trinajstić information content (AvgIpc) is 2.66. The molecule has 0 aromatic carbocycles. The molecular formula is C20H30N4O4. The van der Waals surface area contributed by atoms with Crippen molar-refractivity contribution in [3.05, 3.63) is 12.4 Å². The van der Waals surface area contributed by atoms with Gasteiger partial charge in [-0.1, -0.05) is 0 Å². The number of rotatable bonds is 4. The number of anilines is 1. The highest BCUT2D eigenvalue weighted by molar-refractivity contribution is 5.92. The number of carbonyl (C=O) groups is 2. The van der Waals surface area contributed by atoms with Gasteiger partial charge in [-0.15, -0.1) is 0 Å². The molecule has 2 amide bonds. The predicted octanol–water partition coefficient (Wildman–Crippen LogP) is 3.02. The summed E-state index contributed by atoms with van der Waals surface area (Å²) in [5.41, 5.74) is -0.472. The van der Waals surface area contributed by atoms with E-state index in [0.29, 0.717) is 50.3 Å². The Morgan fingerprint density at radius 2 is 1.89 bits per heavy atom. The van der Waals surface area contributed by atoms with E-state index in [1.807, 2.05) is 20.8 Å². The van der Waals surface area contributed by atoms with Crippen molar-refractivity contribution < 1.29 is 19.1 Å². The average molecular weight is 390 g/mol. The Morgan fingerprint density at radius 3 is 2.50 bits per heavy atom. The molecule has 0 unspecified atom stereocenters. The van der Waals surface area contributed by atoms with Gasteiger partial charge < -0.3 is 14.4 Å². The summed E-state index contributed by atoms with van der Waals surface area (Å²) >= 11 is 0. The maximum Gasteiger partial charge on any atom is 0.410 e. The second-order valence-electron chi connectivity index (χ2n) is 8.44. The lowest BCUT2D eigenvalue weighted by molar-refractivity contribution is -0.119. The Balaban J connectivity index is 1.43. The van der Waals surface area contributed by atoms with Gasteiger partial charge in [0.2, 0.25) is 11.8 Å². The SMILES string of the molecule is CC(C)(C)OC(=O)N1CCC(COc2cnc(N3CCCCC3=O)cn2)CC1. The summed E-state index contributed by atoms with van der Waals surface area (Å²) < 4.78 is 11.2. The van der Waals surface area contributed by atoms with Crippen LogP contribution in [-0.2, 0) is 9.53 Å². The standard InChI is InChI=1S/C20H30N4O4/c1-20(2,3)28-19(26)23-10-7-15(8-11-23)14-27-17-13-21-16(12-22-17)24-9-5-4-6-18(24)25/h12-13,15H,4-11,14H2,1-3H3. The van der Waals surface area contributed by atoms with Crippen molar-refractivity contribution in [2.45, 2.75) is 58.5 Å². The van der Waals surface area contributed by atoms with Crippen molar-refractivity contribution in [1.82, 2.24) is 14.9 Å². The van der Waals surface area contributed by atoms with E-state index in [1.165, 1.54) is 0 Å². The van der Waals surface area contributed by atoms with Crippen molar-refractivity contribution in [3.8, 4) is 5.88 Å². The molecule has 2 fully saturated rings. The number of aromatic nitrogens is 2. The van der Waals surface area contributed by atoms with Crippen LogP contribution in [0.5, 0.6) is 5.88 Å². The molecule has 8 heteroatoms. The van der Waals surface area contributed by atoms with Crippen LogP contribution >= 0.6 is 0 Å². The summed E-state index contributed by atoms with van der Waals surface area (Å²) in [6.45, 7) is 8.20. The summed E-state index contributed by atoms with van der Waals surface area (Å²) in [6.07, 6.45) is 7.17. The largest absolute Gasteiger partial charge is 0.476 e. The minimum atomic E-state index is -0.472. The highest BCUT2D eigenvalue weighted by atomic mass is 16.6. The number of carbonyl (C=O) groups excluding carboxylic acids is 2. The highest BCUT2D eigenvalue weighted by Crippen LogP contribution is 2.22. The number of likely N-dealkylation sites (tertiary alicyclic amines) is 1. The van der Waals surface area contributed by atoms with Gasteiger partial charge >= 0.3 is 6.09 Å². The van der Waals surface area contributed by atoms with Gasteiger partial charge in [-0.2, -0.15) is 0 Å². The molecule has 154 valence electrons. The molecule has 0 bridgehead atoms. The first-order valence-corrected chi connectivity index (χ1v) is 10.0. The molecule has 1 aromatic heterocycles. The summed E-state index contributed by atoms with van der Waals surface area (Å²) in [5, 5.41) is 0. The van der Waals surface area contributed by atoms with E-state index < -0.39 is 5.60 Å². The van der Waals surface area contributed by atoms with Crippen molar-refractivity contribution >= 4 is 17.8 Å². The molecule has 3 heterocycles. The third-order valence-electron chi connectivity index (χ3n) is 4.95. The van der Waals surface area contributed by atoms with Gasteiger partial charge in [-0.05, 0) is 52.4 Å². The summed E-state index contributed by atoms with van der Waals surface area (Å²) in [4.78, 5) is 36.1. The summed E-state index contributed by atoms with van der Waals surface area (Å²) in [6, 6.07) is 0. The molecule has 2 aliphatic rings. The highest BCUT2D eigenvalue weighted by Gasteiger charge is 2.27. The third-order valence-corrected chi connectivity index (χ3v) is 4.95. The summed E-state index contributed by atoms with van der Waals surface area (Å²) in [5.74, 6) is 1.51. The molecule has 0 N–H and O–H groups in total. The van der Waals surface area contributed by atoms with Gasteiger partial charge in [0, 0.05) is 26.1 Å². The van der Waals surface area contributed by atoms with Crippen LogP contribution in [0, 0.1) is 5.92 Å². The van der Waals surface area contributed by atoms with Crippen molar-refractivity contribution in [2.75, 3.05) is 31.1 Å². The predicted molar refractivity (Wildman–Crippen MR) is 104 cm³/mol. The maximum absolute atomic E-state index is 12.1. The Bertz CT molecular complexity index is 678. The number of amides is 2. The molecule has 0 radical (unpaired) electrons. The normalized spacial score (nSPS) is 18.9. The lowest BCUT2D eigenvalue weighted by atomic mass is 9.98. The molecule has 28 heavy (non-hydrogen) atoms. The van der Waals surface area contributed by atoms with Crippen molar-refractivity contribution in [1.29, 1.82) is 0 Å². The van der Waals surface area contributed by atoms with Crippen LogP contribution in [0.25, 0.3) is 0 Å². The first-order valence-electron chi connectivity index (χ1n) is 10.0. The van der Waals surface area contributed by atoms with E-state index in [1.54, 1.807) is 22.2 Å². The van der Waals surface area contributed by atoms with Crippen LogP contribution < -0.4 is 9.64 Å². The second kappa shape index (κ2) is 8.75. The van der Waals surface area contributed by atoms with E-state index in [0.717, 1.165) is 25.7 Å². The van der Waals surface area contributed by atoms with Crippen LogP contribution in [0.4, 0.5) is 10.6 Å². The van der Waals surface area contributed by atoms with Gasteiger partial charge in [-0.3, -0.25) is 9.69 Å². The summed E-state index contributed by atoms with van der Waals surface area (Å²) in [7, 11) is 0. The first kappa shape index (κ1) is 20.4. The van der Waals surface area contributed by atoms with Crippen LogP contribution in [0.1, 0.15) is 52.9 Å². The third kappa shape index (κ3) is 5.56. The maximum atomic E-state index is 12.1. The lowest BCUT2D eigenvalue weighted by Crippen LogP contribution is -2.42. The number of hydrogen-bond donors (Lipinski definition) is 0. The van der Waals surface area contributed by atoms with E-state index in [-0.39, 0.29) is 12.0 Å². The van der Waals surface area contributed by atoms with Crippen LogP contribution in [0.2, 0.25) is 0 Å². The minimum Gasteiger partial charge on any atom is -0.476 e. The molecule has 1 aromatic rings. The minimum absolute atomic E-state index is 0.103. The quantitative estimate of drug-likeness (QED) is 0.786. The molecule has 2 saturated heterocycles. The number of hydrogen-bond acceptors (Lipinski definition) is 6. The topological polar surface area (TPSA) is 84.9 Å². The van der Waals surface area contributed by atoms with Crippen LogP contribution in [-0.4, -0.2) is 58.7 Å². The number of piperidine rings is 2. The molecule has 2 aliphatic heterocycles. The Morgan fingerprint density at radius 1 is 1.14 bits per heavy atom. The molecule has 0 saturated carbocycles. The van der Waals surface area contributed by atoms with Crippen LogP contribution in [0.15, 0.2) is 12.4 Å². The first-order chi connectivity index (χ1) is 13.3. The van der Waals surface area contributed by atoms with Crippen molar-refractivity contribution in [3.63, 3.8) is 0 Å². The smallest absolute Gasteiger partial charge is 0.410 e. The zero-order chi connectivity index (χ0) is 20.1. The van der Waals surface area contributed by atoms with E-state index in [2.05, 4.69) is 9.97 Å². The van der Waals surface area contributed by atoms with Gasteiger partial charge in [0.25, 0.3) is 0 Å². The molecule has 0 aliphatic carbocycles. The molecule has 3 rings (SSSR count). The molecule has 8 nitrogen and oxygen atoms in total. The number of ether oxygens (including phenoxy) is 2. The lowest BCUT2D eigenvalue weighted by Gasteiger charge is -2.33. The second-order valence-corrected chi connectivity index (χ2v) is 8.44. The molecule has 0 spiro atoms. The Labute approximate surface area is 166 Å². The fraction of sp³-hybridized carbons (Fsp3) is 0.700. The van der Waals surface area contributed by atoms with Gasteiger partial charge in [0.05, 0.1) is 19.0 Å². The fourth-order valence-corrected chi connectivity index (χ4v) is 3.38. The molecular weight excluding hydrogens is 360 g/mol. The van der Waals surface area contributed by atoms with Gasteiger partial charge in [-0.25, -0.2) is 14.8 Å². The van der Waals surface area contributed by atoms with Gasteiger partial charge in [0.15, 0.2) is 5.82 Å². The van der Waals surface area contributed by atoms with Crippen LogP contribution in [0.3, 0.4) is 0 Å². The molecule has 0 atom stereocenters. The Kier molecular flexibility index (Phi) is 6.36. The number of nitrogens with zero attached hydrogens (tertiary/aromatic N) is 4. The van der Waals surface area contributed by atoms with E-state index in [9.17, 15) is 9.59 Å².